The average Bonchev–Trinajstić information content (AvgIpc) is 2.03. The lowest BCUT2D eigenvalue weighted by atomic mass is 9.40. The van der Waals surface area contributed by atoms with Crippen molar-refractivity contribution in [2.75, 3.05) is 0 Å². The Hall–Kier alpha value is -0.625. The topological polar surface area (TPSA) is 17.1 Å². The van der Waals surface area contributed by atoms with Crippen molar-refractivity contribution in [3.63, 3.8) is 0 Å². The zero-order valence-electron chi connectivity index (χ0n) is 8.10. The van der Waals surface area contributed by atoms with Gasteiger partial charge in [0.1, 0.15) is 5.78 Å². The van der Waals surface area contributed by atoms with Crippen molar-refractivity contribution < 1.29 is 4.79 Å². The van der Waals surface area contributed by atoms with Crippen LogP contribution in [0.1, 0.15) is 10.4 Å². The van der Waals surface area contributed by atoms with Crippen molar-refractivity contribution in [1.29, 1.82) is 0 Å². The zero-order chi connectivity index (χ0) is 10.1. The number of Topliss-reactive ketones (excluding diaryl/α,β-unsaturated/α-hetero) is 1. The molecule has 0 amide bonds. The standard InChI is InChI=1S/C8H10B3ClO/c9-8(10,11)7(13)5-1-3-6(12)4-2-5/h1-4H,9-11H2. The zero-order valence-corrected chi connectivity index (χ0v) is 8.85. The van der Waals surface area contributed by atoms with E-state index in [4.69, 9.17) is 11.6 Å². The molecule has 5 heteroatoms. The van der Waals surface area contributed by atoms with Crippen molar-refractivity contribution in [3.05, 3.63) is 34.9 Å². The molecular weight excluding hydrogens is 180 g/mol. The minimum absolute atomic E-state index is 0.143. The Kier molecular flexibility index (Phi) is 2.92. The molecular formula is C8H10B3ClO. The molecule has 0 unspecified atom stereocenters. The van der Waals surface area contributed by atoms with Gasteiger partial charge in [-0.15, -0.1) is 0 Å². The SMILES string of the molecule is BC(B)(B)C(=O)c1ccc(Cl)cc1. The van der Waals surface area contributed by atoms with Crippen LogP contribution in [0.15, 0.2) is 24.3 Å². The van der Waals surface area contributed by atoms with Crippen molar-refractivity contribution in [3.8, 4) is 0 Å². The van der Waals surface area contributed by atoms with Gasteiger partial charge in [-0.1, -0.05) is 28.8 Å². The van der Waals surface area contributed by atoms with Gasteiger partial charge in [0.15, 0.2) is 0 Å². The van der Waals surface area contributed by atoms with E-state index < -0.39 is 0 Å². The maximum Gasteiger partial charge on any atom is 0.146 e. The second-order valence-corrected chi connectivity index (χ2v) is 4.52. The molecule has 13 heavy (non-hydrogen) atoms. The van der Waals surface area contributed by atoms with Crippen molar-refractivity contribution in [1.82, 2.24) is 0 Å². The van der Waals surface area contributed by atoms with Crippen molar-refractivity contribution >= 4 is 40.9 Å². The van der Waals surface area contributed by atoms with Crippen LogP contribution < -0.4 is 0 Å². The number of rotatable bonds is 2. The summed E-state index contributed by atoms with van der Waals surface area (Å²) in [4.78, 5) is 11.7. The van der Waals surface area contributed by atoms with Gasteiger partial charge in [-0.25, -0.2) is 0 Å². The highest BCUT2D eigenvalue weighted by atomic mass is 35.5. The van der Waals surface area contributed by atoms with E-state index in [1.807, 2.05) is 23.5 Å². The molecule has 0 N–H and O–H groups in total. The monoisotopic (exact) mass is 190 g/mol. The Morgan fingerprint density at radius 1 is 1.15 bits per heavy atom. The number of hydrogen-bond donors (Lipinski definition) is 0. The van der Waals surface area contributed by atoms with Gasteiger partial charge in [-0.05, 0) is 12.1 Å². The fourth-order valence-electron chi connectivity index (χ4n) is 1.03. The number of carbonyl (C=O) groups excluding carboxylic acids is 1. The van der Waals surface area contributed by atoms with Gasteiger partial charge >= 0.3 is 0 Å². The second-order valence-electron chi connectivity index (χ2n) is 4.09. The first kappa shape index (κ1) is 10.5. The molecule has 0 aliphatic carbocycles. The summed E-state index contributed by atoms with van der Waals surface area (Å²) in [6, 6.07) is 6.99. The number of carbonyl (C=O) groups is 1. The van der Waals surface area contributed by atoms with Crippen molar-refractivity contribution in [2.24, 2.45) is 0 Å². The molecule has 0 saturated heterocycles. The van der Waals surface area contributed by atoms with Crippen LogP contribution in [0.5, 0.6) is 0 Å². The van der Waals surface area contributed by atoms with E-state index in [1.54, 1.807) is 24.3 Å². The molecule has 0 aliphatic rings. The Labute approximate surface area is 86.1 Å². The summed E-state index contributed by atoms with van der Waals surface area (Å²) in [5.74, 6) is 0.143. The third-order valence-corrected chi connectivity index (χ3v) is 2.04. The fourth-order valence-corrected chi connectivity index (χ4v) is 1.16. The number of benzene rings is 1. The highest BCUT2D eigenvalue weighted by molar-refractivity contribution is 6.70. The lowest BCUT2D eigenvalue weighted by molar-refractivity contribution is 0.0993. The molecule has 1 aromatic carbocycles. The molecule has 0 spiro atoms. The summed E-state index contributed by atoms with van der Waals surface area (Å²) in [7, 11) is 5.72. The lowest BCUT2D eigenvalue weighted by Gasteiger charge is -2.15. The van der Waals surface area contributed by atoms with Gasteiger partial charge in [-0.2, -0.15) is 0 Å². The quantitative estimate of drug-likeness (QED) is 0.453. The average molecular weight is 190 g/mol. The fraction of sp³-hybridized carbons (Fsp3) is 0.125. The minimum atomic E-state index is -0.326. The highest BCUT2D eigenvalue weighted by Gasteiger charge is 2.22. The third-order valence-electron chi connectivity index (χ3n) is 1.79. The molecule has 0 heterocycles. The van der Waals surface area contributed by atoms with Gasteiger partial charge in [0.05, 0.1) is 23.5 Å². The first-order chi connectivity index (χ1) is 5.91. The smallest absolute Gasteiger partial charge is 0.146 e. The summed E-state index contributed by atoms with van der Waals surface area (Å²) < 4.78 is 0. The normalized spacial score (nSPS) is 11.2. The predicted molar refractivity (Wildman–Crippen MR) is 64.1 cm³/mol. The van der Waals surface area contributed by atoms with E-state index in [0.717, 1.165) is 5.56 Å². The summed E-state index contributed by atoms with van der Waals surface area (Å²) in [5.41, 5.74) is 0.719. The van der Waals surface area contributed by atoms with Crippen LogP contribution in [-0.4, -0.2) is 29.3 Å². The minimum Gasteiger partial charge on any atom is -0.296 e. The Morgan fingerprint density at radius 2 is 1.62 bits per heavy atom. The predicted octanol–water partition coefficient (Wildman–Crippen LogP) is -0.504. The molecule has 0 aliphatic heterocycles. The van der Waals surface area contributed by atoms with Crippen LogP contribution in [0.4, 0.5) is 0 Å². The van der Waals surface area contributed by atoms with Gasteiger partial charge in [-0.3, -0.25) is 4.79 Å². The van der Waals surface area contributed by atoms with Gasteiger partial charge in [0.25, 0.3) is 0 Å². The summed E-state index contributed by atoms with van der Waals surface area (Å²) >= 11 is 5.72. The summed E-state index contributed by atoms with van der Waals surface area (Å²) in [5, 5.41) is 0.332. The van der Waals surface area contributed by atoms with E-state index in [9.17, 15) is 4.79 Å². The van der Waals surface area contributed by atoms with E-state index >= 15 is 0 Å². The first-order valence-electron chi connectivity index (χ1n) is 4.21. The highest BCUT2D eigenvalue weighted by Crippen LogP contribution is 2.19. The van der Waals surface area contributed by atoms with E-state index in [2.05, 4.69) is 0 Å². The Balaban J connectivity index is 2.97. The van der Waals surface area contributed by atoms with Gasteiger partial charge in [0, 0.05) is 10.6 Å². The number of ketones is 1. The molecule has 0 radical (unpaired) electrons. The van der Waals surface area contributed by atoms with E-state index in [1.165, 1.54) is 0 Å². The lowest BCUT2D eigenvalue weighted by Crippen LogP contribution is -2.24. The maximum atomic E-state index is 11.7. The third kappa shape index (κ3) is 2.66. The van der Waals surface area contributed by atoms with E-state index in [0.29, 0.717) is 5.02 Å². The first-order valence-corrected chi connectivity index (χ1v) is 4.59. The Morgan fingerprint density at radius 3 is 2.00 bits per heavy atom. The molecule has 1 rings (SSSR count). The van der Waals surface area contributed by atoms with Gasteiger partial charge < -0.3 is 0 Å². The summed E-state index contributed by atoms with van der Waals surface area (Å²) in [6.45, 7) is 0. The van der Waals surface area contributed by atoms with Crippen LogP contribution in [0.25, 0.3) is 0 Å². The van der Waals surface area contributed by atoms with Crippen LogP contribution >= 0.6 is 11.6 Å². The molecule has 0 atom stereocenters. The van der Waals surface area contributed by atoms with Crippen LogP contribution in [0.2, 0.25) is 10.1 Å². The van der Waals surface area contributed by atoms with E-state index in [-0.39, 0.29) is 10.9 Å². The van der Waals surface area contributed by atoms with Crippen LogP contribution in [-0.2, 0) is 0 Å². The molecule has 0 fully saturated rings. The van der Waals surface area contributed by atoms with Crippen LogP contribution in [0.3, 0.4) is 0 Å². The molecule has 1 nitrogen and oxygen atoms in total. The molecule has 64 valence electrons. The van der Waals surface area contributed by atoms with Crippen molar-refractivity contribution in [2.45, 2.75) is 5.11 Å². The van der Waals surface area contributed by atoms with Crippen LogP contribution in [0, 0.1) is 0 Å². The maximum absolute atomic E-state index is 11.7. The molecule has 1 aromatic rings. The number of hydrogen-bond acceptors (Lipinski definition) is 1. The van der Waals surface area contributed by atoms with Gasteiger partial charge in [0.2, 0.25) is 0 Å². The number of halogens is 1. The molecule has 0 saturated carbocycles. The second kappa shape index (κ2) is 3.63. The molecule has 0 bridgehead atoms. The largest absolute Gasteiger partial charge is 0.296 e. The Bertz CT molecular complexity index is 315. The summed E-state index contributed by atoms with van der Waals surface area (Å²) in [6.07, 6.45) is 0. The molecule has 0 aromatic heterocycles.